The summed E-state index contributed by atoms with van der Waals surface area (Å²) in [5.41, 5.74) is 1.18. The summed E-state index contributed by atoms with van der Waals surface area (Å²) in [6.45, 7) is 4.66. The van der Waals surface area contributed by atoms with E-state index < -0.39 is 5.79 Å². The predicted molar refractivity (Wildman–Crippen MR) is 136 cm³/mol. The van der Waals surface area contributed by atoms with Gasteiger partial charge in [0.25, 0.3) is 0 Å². The number of rotatable bonds is 8. The Morgan fingerprint density at radius 1 is 1.11 bits per heavy atom. The van der Waals surface area contributed by atoms with Gasteiger partial charge in [-0.1, -0.05) is 15.9 Å². The molecule has 6 rings (SSSR count). The van der Waals surface area contributed by atoms with E-state index in [1.165, 1.54) is 25.2 Å². The Kier molecular flexibility index (Phi) is 6.23. The molecule has 0 amide bonds. The number of fused-ring (bicyclic) bond motifs is 2. The molecule has 3 heterocycles. The van der Waals surface area contributed by atoms with Crippen molar-refractivity contribution in [2.45, 2.75) is 25.0 Å². The third-order valence-corrected chi connectivity index (χ3v) is 7.85. The molecule has 10 heteroatoms. The molecule has 2 saturated heterocycles. The summed E-state index contributed by atoms with van der Waals surface area (Å²) in [7, 11) is 1.60. The van der Waals surface area contributed by atoms with Gasteiger partial charge in [-0.3, -0.25) is 4.90 Å². The highest BCUT2D eigenvalue weighted by molar-refractivity contribution is 9.10. The Balaban J connectivity index is 1.14. The number of aromatic nitrogens is 2. The highest BCUT2D eigenvalue weighted by Gasteiger charge is 2.67. The van der Waals surface area contributed by atoms with Gasteiger partial charge in [-0.15, -0.1) is 0 Å². The molecule has 2 spiro atoms. The highest BCUT2D eigenvalue weighted by atomic mass is 79.9. The summed E-state index contributed by atoms with van der Waals surface area (Å²) < 4.78 is 38.9. The van der Waals surface area contributed by atoms with E-state index in [0.717, 1.165) is 26.1 Å². The van der Waals surface area contributed by atoms with E-state index in [4.69, 9.17) is 18.9 Å². The molecule has 3 aromatic rings. The van der Waals surface area contributed by atoms with Crippen LogP contribution in [0, 0.1) is 11.2 Å². The van der Waals surface area contributed by atoms with Crippen molar-refractivity contribution in [3.8, 4) is 11.5 Å². The Hall–Kier alpha value is -2.53. The van der Waals surface area contributed by atoms with Crippen LogP contribution in [-0.4, -0.2) is 67.2 Å². The van der Waals surface area contributed by atoms with Gasteiger partial charge in [0.2, 0.25) is 0 Å². The fourth-order valence-electron chi connectivity index (χ4n) is 5.39. The Morgan fingerprint density at radius 2 is 1.94 bits per heavy atom. The molecular formula is C26H28BrFN4O4. The van der Waals surface area contributed by atoms with Crippen LogP contribution in [0.15, 0.2) is 41.1 Å². The normalized spacial score (nSPS) is 19.9. The number of hydrogen-bond acceptors (Lipinski definition) is 8. The Labute approximate surface area is 217 Å². The number of halogens is 2. The number of nitrogens with one attached hydrogen (secondary N) is 1. The van der Waals surface area contributed by atoms with Crippen LogP contribution in [0.3, 0.4) is 0 Å². The first-order valence-corrected chi connectivity index (χ1v) is 13.0. The first kappa shape index (κ1) is 23.8. The van der Waals surface area contributed by atoms with Crippen molar-refractivity contribution in [3.63, 3.8) is 0 Å². The topological polar surface area (TPSA) is 78.0 Å². The number of hydrogen-bond donors (Lipinski definition) is 1. The van der Waals surface area contributed by atoms with Crippen LogP contribution in [0.2, 0.25) is 0 Å². The minimum absolute atomic E-state index is 0.184. The van der Waals surface area contributed by atoms with E-state index in [1.54, 1.807) is 19.2 Å². The molecule has 3 fully saturated rings. The molecule has 8 nitrogen and oxygen atoms in total. The van der Waals surface area contributed by atoms with Crippen LogP contribution in [0.4, 0.5) is 15.9 Å². The minimum Gasteiger partial charge on any atom is -0.493 e. The molecule has 2 aromatic carbocycles. The van der Waals surface area contributed by atoms with Gasteiger partial charge >= 0.3 is 0 Å². The molecule has 1 aromatic heterocycles. The Bertz CT molecular complexity index is 1280. The summed E-state index contributed by atoms with van der Waals surface area (Å²) in [4.78, 5) is 11.1. The van der Waals surface area contributed by atoms with E-state index in [9.17, 15) is 4.39 Å². The summed E-state index contributed by atoms with van der Waals surface area (Å²) in [5, 5.41) is 3.79. The molecule has 0 bridgehead atoms. The van der Waals surface area contributed by atoms with Crippen molar-refractivity contribution in [3.05, 3.63) is 46.9 Å². The lowest BCUT2D eigenvalue weighted by molar-refractivity contribution is -0.182. The van der Waals surface area contributed by atoms with E-state index in [-0.39, 0.29) is 11.2 Å². The van der Waals surface area contributed by atoms with Gasteiger partial charge in [0, 0.05) is 34.4 Å². The number of methoxy groups -OCH3 is 1. The van der Waals surface area contributed by atoms with Crippen molar-refractivity contribution in [1.29, 1.82) is 0 Å². The minimum atomic E-state index is -0.396. The van der Waals surface area contributed by atoms with Gasteiger partial charge in [-0.2, -0.15) is 0 Å². The molecule has 0 radical (unpaired) electrons. The molecule has 1 N–H and O–H groups in total. The quantitative estimate of drug-likeness (QED) is 0.391. The van der Waals surface area contributed by atoms with Gasteiger partial charge in [-0.05, 0) is 43.5 Å². The van der Waals surface area contributed by atoms with Crippen molar-refractivity contribution in [1.82, 2.24) is 14.9 Å². The molecule has 0 atom stereocenters. The van der Waals surface area contributed by atoms with Crippen LogP contribution < -0.4 is 14.8 Å². The van der Waals surface area contributed by atoms with Gasteiger partial charge in [0.1, 0.15) is 18.0 Å². The van der Waals surface area contributed by atoms with E-state index in [0.29, 0.717) is 58.2 Å². The second kappa shape index (κ2) is 9.41. The first-order chi connectivity index (χ1) is 17.5. The molecule has 2 aliphatic heterocycles. The third-order valence-electron chi connectivity index (χ3n) is 7.35. The summed E-state index contributed by atoms with van der Waals surface area (Å²) in [6.07, 6.45) is 4.65. The zero-order valence-corrected chi connectivity index (χ0v) is 21.6. The maximum absolute atomic E-state index is 14.4. The van der Waals surface area contributed by atoms with Crippen LogP contribution >= 0.6 is 15.9 Å². The maximum atomic E-state index is 14.4. The maximum Gasteiger partial charge on any atom is 0.188 e. The number of anilines is 2. The summed E-state index contributed by atoms with van der Waals surface area (Å²) >= 11 is 3.28. The number of nitrogens with zero attached hydrogens (tertiary/aromatic N) is 3. The molecular weight excluding hydrogens is 531 g/mol. The van der Waals surface area contributed by atoms with Crippen LogP contribution in [0.5, 0.6) is 11.5 Å². The lowest BCUT2D eigenvalue weighted by atomic mass is 10.00. The average molecular weight is 559 g/mol. The molecule has 1 saturated carbocycles. The standard InChI is InChI=1S/C26H28BrFN4O4/c1-33-22-13-21-18(24(30-16-29-21)31-20-4-3-17(27)11-19(20)28)12-23(22)34-8-2-7-32-14-25(5-6-25)26(15-32)35-9-10-36-26/h3-4,11-13,16H,2,5-10,14-15H2,1H3,(H,29,30,31). The van der Waals surface area contributed by atoms with Crippen molar-refractivity contribution < 1.29 is 23.3 Å². The predicted octanol–water partition coefficient (Wildman–Crippen LogP) is 4.89. The van der Waals surface area contributed by atoms with Gasteiger partial charge in [0.05, 0.1) is 44.7 Å². The fourth-order valence-corrected chi connectivity index (χ4v) is 5.72. The van der Waals surface area contributed by atoms with Crippen molar-refractivity contribution in [2.75, 3.05) is 51.9 Å². The SMILES string of the molecule is COc1cc2ncnc(Nc3ccc(Br)cc3F)c2cc1OCCCN1CC2(CC2)C2(C1)OCCO2. The Morgan fingerprint density at radius 3 is 2.69 bits per heavy atom. The number of likely N-dealkylation sites (tertiary alicyclic amines) is 1. The lowest BCUT2D eigenvalue weighted by Gasteiger charge is -2.28. The second-order valence-corrected chi connectivity index (χ2v) is 10.6. The van der Waals surface area contributed by atoms with Gasteiger partial charge < -0.3 is 24.3 Å². The molecule has 36 heavy (non-hydrogen) atoms. The van der Waals surface area contributed by atoms with Gasteiger partial charge in [-0.25, -0.2) is 14.4 Å². The van der Waals surface area contributed by atoms with Crippen LogP contribution in [0.1, 0.15) is 19.3 Å². The van der Waals surface area contributed by atoms with E-state index >= 15 is 0 Å². The zero-order chi connectivity index (χ0) is 24.8. The lowest BCUT2D eigenvalue weighted by Crippen LogP contribution is -2.40. The summed E-state index contributed by atoms with van der Waals surface area (Å²) in [6, 6.07) is 8.49. The second-order valence-electron chi connectivity index (χ2n) is 9.63. The van der Waals surface area contributed by atoms with Crippen molar-refractivity contribution >= 4 is 38.3 Å². The average Bonchev–Trinajstić information content (AvgIpc) is 3.39. The molecule has 190 valence electrons. The smallest absolute Gasteiger partial charge is 0.188 e. The number of ether oxygens (including phenoxy) is 4. The largest absolute Gasteiger partial charge is 0.493 e. The third kappa shape index (κ3) is 4.30. The zero-order valence-electron chi connectivity index (χ0n) is 20.1. The van der Waals surface area contributed by atoms with Gasteiger partial charge in [0.15, 0.2) is 17.3 Å². The molecule has 0 unspecified atom stereocenters. The first-order valence-electron chi connectivity index (χ1n) is 12.2. The molecule has 1 aliphatic carbocycles. The van der Waals surface area contributed by atoms with E-state index in [1.807, 2.05) is 12.1 Å². The highest BCUT2D eigenvalue weighted by Crippen LogP contribution is 2.61. The van der Waals surface area contributed by atoms with Crippen molar-refractivity contribution in [2.24, 2.45) is 5.41 Å². The number of benzene rings is 2. The molecule has 3 aliphatic rings. The van der Waals surface area contributed by atoms with E-state index in [2.05, 4.69) is 36.1 Å². The monoisotopic (exact) mass is 558 g/mol. The van der Waals surface area contributed by atoms with Crippen LogP contribution in [0.25, 0.3) is 10.9 Å². The summed E-state index contributed by atoms with van der Waals surface area (Å²) in [5.74, 6) is 0.895. The van der Waals surface area contributed by atoms with Crippen LogP contribution in [-0.2, 0) is 9.47 Å². The fraction of sp³-hybridized carbons (Fsp3) is 0.462.